The van der Waals surface area contributed by atoms with Crippen LogP contribution in [0.5, 0.6) is 0 Å². The second kappa shape index (κ2) is 8.43. The second-order valence-corrected chi connectivity index (χ2v) is 8.16. The number of carbonyl (C=O) groups excluding carboxylic acids is 2. The molecule has 2 amide bonds. The molecule has 1 aliphatic carbocycles. The van der Waals surface area contributed by atoms with E-state index in [-0.39, 0.29) is 30.4 Å². The number of piperazine rings is 1. The first-order valence-electron chi connectivity index (χ1n) is 10.9. The van der Waals surface area contributed by atoms with Crippen LogP contribution in [0.25, 0.3) is 0 Å². The Morgan fingerprint density at radius 3 is 2.72 bits per heavy atom. The fraction of sp³-hybridized carbons (Fsp3) is 0.591. The Labute approximate surface area is 172 Å². The summed E-state index contributed by atoms with van der Waals surface area (Å²) in [6.07, 6.45) is 6.48. The van der Waals surface area contributed by atoms with Gasteiger partial charge in [-0.3, -0.25) is 15.0 Å². The van der Waals surface area contributed by atoms with Crippen LogP contribution < -0.4 is 10.7 Å². The second-order valence-electron chi connectivity index (χ2n) is 8.16. The molecule has 1 aromatic rings. The molecule has 156 valence electrons. The molecule has 7 nitrogen and oxygen atoms in total. The van der Waals surface area contributed by atoms with E-state index in [2.05, 4.69) is 34.6 Å². The number of anilines is 1. The molecular formula is C22H31N5O2. The number of hydrazone groups is 1. The van der Waals surface area contributed by atoms with Crippen molar-refractivity contribution >= 4 is 23.3 Å². The average Bonchev–Trinajstić information content (AvgIpc) is 3.16. The number of aryl methyl sites for hydroxylation is 1. The van der Waals surface area contributed by atoms with Crippen LogP contribution in [0, 0.1) is 0 Å². The Balaban J connectivity index is 1.52. The number of rotatable bonds is 6. The summed E-state index contributed by atoms with van der Waals surface area (Å²) in [7, 11) is 0. The number of nitrogens with zero attached hydrogens (tertiary/aromatic N) is 3. The van der Waals surface area contributed by atoms with Gasteiger partial charge in [0.05, 0.1) is 12.1 Å². The molecule has 2 aliphatic heterocycles. The Bertz CT molecular complexity index is 808. The highest BCUT2D eigenvalue weighted by molar-refractivity contribution is 5.98. The van der Waals surface area contributed by atoms with Crippen molar-refractivity contribution in [3.63, 3.8) is 0 Å². The molecule has 0 aromatic heterocycles. The molecule has 29 heavy (non-hydrogen) atoms. The Morgan fingerprint density at radius 2 is 1.97 bits per heavy atom. The molecule has 1 saturated carbocycles. The number of benzene rings is 1. The zero-order chi connectivity index (χ0) is 20.4. The van der Waals surface area contributed by atoms with Gasteiger partial charge < -0.3 is 15.1 Å². The van der Waals surface area contributed by atoms with E-state index in [9.17, 15) is 9.59 Å². The Morgan fingerprint density at radius 1 is 1.21 bits per heavy atom. The van der Waals surface area contributed by atoms with Gasteiger partial charge in [-0.2, -0.15) is 5.10 Å². The molecule has 4 rings (SSSR count). The molecule has 2 N–H and O–H groups in total. The maximum atomic E-state index is 13.3. The summed E-state index contributed by atoms with van der Waals surface area (Å²) >= 11 is 0. The van der Waals surface area contributed by atoms with Crippen LogP contribution in [-0.2, 0) is 16.0 Å². The van der Waals surface area contributed by atoms with Crippen molar-refractivity contribution in [3.05, 3.63) is 29.8 Å². The minimum Gasteiger partial charge on any atom is -0.325 e. The molecule has 3 atom stereocenters. The number of amides is 2. The Hall–Kier alpha value is -2.57. The van der Waals surface area contributed by atoms with Gasteiger partial charge in [0, 0.05) is 12.1 Å². The van der Waals surface area contributed by atoms with Gasteiger partial charge in [-0.15, -0.1) is 0 Å². The third-order valence-electron chi connectivity index (χ3n) is 6.32. The van der Waals surface area contributed by atoms with Crippen LogP contribution in [-0.4, -0.2) is 52.2 Å². The zero-order valence-corrected chi connectivity index (χ0v) is 17.4. The fourth-order valence-corrected chi connectivity index (χ4v) is 4.96. The third kappa shape index (κ3) is 3.70. The van der Waals surface area contributed by atoms with Crippen molar-refractivity contribution in [3.8, 4) is 0 Å². The summed E-state index contributed by atoms with van der Waals surface area (Å²) in [5, 5.41) is 7.48. The molecule has 0 bridgehead atoms. The number of para-hydroxylation sites is 1. The van der Waals surface area contributed by atoms with Gasteiger partial charge in [0.25, 0.3) is 5.91 Å². The average molecular weight is 398 g/mol. The highest BCUT2D eigenvalue weighted by Crippen LogP contribution is 2.35. The number of hydrogen-bond donors (Lipinski definition) is 2. The molecule has 1 saturated heterocycles. The van der Waals surface area contributed by atoms with Gasteiger partial charge in [0.2, 0.25) is 5.91 Å². The first-order chi connectivity index (χ1) is 14.1. The minimum atomic E-state index is -0.466. The summed E-state index contributed by atoms with van der Waals surface area (Å²) in [5.74, 6) is 0.815. The number of fused-ring (bicyclic) bond motifs is 3. The van der Waals surface area contributed by atoms with Crippen LogP contribution in [0.1, 0.15) is 57.9 Å². The van der Waals surface area contributed by atoms with Gasteiger partial charge in [-0.1, -0.05) is 44.9 Å². The summed E-state index contributed by atoms with van der Waals surface area (Å²) in [5.41, 5.74) is 4.97. The van der Waals surface area contributed by atoms with Gasteiger partial charge in [-0.25, -0.2) is 0 Å². The van der Waals surface area contributed by atoms with Crippen LogP contribution in [0.3, 0.4) is 0 Å². The molecule has 7 heteroatoms. The van der Waals surface area contributed by atoms with Gasteiger partial charge >= 0.3 is 0 Å². The third-order valence-corrected chi connectivity index (χ3v) is 6.32. The van der Waals surface area contributed by atoms with Crippen molar-refractivity contribution in [2.24, 2.45) is 5.10 Å². The van der Waals surface area contributed by atoms with E-state index in [0.29, 0.717) is 0 Å². The number of amidine groups is 1. The van der Waals surface area contributed by atoms with Crippen molar-refractivity contribution in [1.82, 2.24) is 15.2 Å². The quantitative estimate of drug-likeness (QED) is 0.774. The monoisotopic (exact) mass is 397 g/mol. The van der Waals surface area contributed by atoms with Crippen LogP contribution in [0.15, 0.2) is 29.4 Å². The van der Waals surface area contributed by atoms with Crippen molar-refractivity contribution < 1.29 is 9.59 Å². The standard InChI is InChI=1S/C22H31N5O2/c1-3-9-19-24-25-21-22(29)26(17-12-7-8-13-18(17)27(19)21)14-20(28)23-16-11-6-5-10-15(16)4-2/h5-6,10-11,17-18,21,25H,3-4,7-9,12-14H2,1-2H3,(H,23,28). The maximum absolute atomic E-state index is 13.3. The molecular weight excluding hydrogens is 366 g/mol. The highest BCUT2D eigenvalue weighted by atomic mass is 16.2. The number of carbonyl (C=O) groups is 2. The van der Waals surface area contributed by atoms with E-state index in [0.717, 1.165) is 62.0 Å². The lowest BCUT2D eigenvalue weighted by Gasteiger charge is -2.51. The highest BCUT2D eigenvalue weighted by Gasteiger charge is 2.50. The fourth-order valence-electron chi connectivity index (χ4n) is 4.96. The lowest BCUT2D eigenvalue weighted by molar-refractivity contribution is -0.151. The minimum absolute atomic E-state index is 0.0399. The summed E-state index contributed by atoms with van der Waals surface area (Å²) < 4.78 is 0. The van der Waals surface area contributed by atoms with E-state index in [1.54, 1.807) is 4.90 Å². The summed E-state index contributed by atoms with van der Waals surface area (Å²) in [6, 6.07) is 8.15. The normalized spacial score (nSPS) is 25.8. The SMILES string of the molecule is CCCC1=NNC2C(=O)N(CC(=O)Nc3ccccc3CC)C3CCCCC3N12. The van der Waals surface area contributed by atoms with Crippen LogP contribution in [0.4, 0.5) is 5.69 Å². The van der Waals surface area contributed by atoms with Crippen LogP contribution in [0.2, 0.25) is 0 Å². The van der Waals surface area contributed by atoms with Crippen molar-refractivity contribution in [2.45, 2.75) is 77.0 Å². The van der Waals surface area contributed by atoms with Gasteiger partial charge in [-0.05, 0) is 37.3 Å². The lowest BCUT2D eigenvalue weighted by atomic mass is 9.85. The smallest absolute Gasteiger partial charge is 0.268 e. The predicted molar refractivity (Wildman–Crippen MR) is 113 cm³/mol. The number of nitrogens with one attached hydrogen (secondary N) is 2. The van der Waals surface area contributed by atoms with Gasteiger partial charge in [0.15, 0.2) is 6.17 Å². The first-order valence-corrected chi connectivity index (χ1v) is 10.9. The summed E-state index contributed by atoms with van der Waals surface area (Å²) in [4.78, 5) is 30.2. The summed E-state index contributed by atoms with van der Waals surface area (Å²) in [6.45, 7) is 4.29. The van der Waals surface area contributed by atoms with Gasteiger partial charge in [0.1, 0.15) is 12.4 Å². The van der Waals surface area contributed by atoms with Crippen molar-refractivity contribution in [1.29, 1.82) is 0 Å². The largest absolute Gasteiger partial charge is 0.325 e. The van der Waals surface area contributed by atoms with E-state index in [4.69, 9.17) is 0 Å². The molecule has 2 heterocycles. The molecule has 0 radical (unpaired) electrons. The Kier molecular flexibility index (Phi) is 5.74. The van der Waals surface area contributed by atoms with Crippen LogP contribution >= 0.6 is 0 Å². The predicted octanol–water partition coefficient (Wildman–Crippen LogP) is 2.69. The van der Waals surface area contributed by atoms with E-state index in [1.165, 1.54) is 0 Å². The maximum Gasteiger partial charge on any atom is 0.268 e. The molecule has 2 fully saturated rings. The first kappa shape index (κ1) is 19.7. The van der Waals surface area contributed by atoms with E-state index >= 15 is 0 Å². The lowest BCUT2D eigenvalue weighted by Crippen LogP contribution is -2.69. The zero-order valence-electron chi connectivity index (χ0n) is 17.4. The topological polar surface area (TPSA) is 77.0 Å². The van der Waals surface area contributed by atoms with E-state index in [1.807, 2.05) is 24.3 Å². The number of hydrogen-bond acceptors (Lipinski definition) is 5. The van der Waals surface area contributed by atoms with E-state index < -0.39 is 6.17 Å². The molecule has 3 unspecified atom stereocenters. The molecule has 0 spiro atoms. The van der Waals surface area contributed by atoms with Crippen molar-refractivity contribution in [2.75, 3.05) is 11.9 Å². The molecule has 1 aromatic carbocycles. The molecule has 3 aliphatic rings.